The number of carbonyl (C=O) groups is 1. The first-order valence-electron chi connectivity index (χ1n) is 12.3. The van der Waals surface area contributed by atoms with Crippen LogP contribution in [0.15, 0.2) is 66.3 Å². The van der Waals surface area contributed by atoms with E-state index in [0.717, 1.165) is 63.4 Å². The van der Waals surface area contributed by atoms with Crippen molar-refractivity contribution in [2.45, 2.75) is 39.2 Å². The number of benzene rings is 2. The van der Waals surface area contributed by atoms with Crippen molar-refractivity contribution in [1.82, 2.24) is 18.9 Å². The van der Waals surface area contributed by atoms with E-state index in [4.69, 9.17) is 14.7 Å². The van der Waals surface area contributed by atoms with Gasteiger partial charge in [0.2, 0.25) is 5.91 Å². The van der Waals surface area contributed by atoms with Gasteiger partial charge < -0.3 is 14.6 Å². The van der Waals surface area contributed by atoms with Gasteiger partial charge in [0.25, 0.3) is 0 Å². The number of thiazole rings is 1. The Morgan fingerprint density at radius 2 is 1.92 bits per heavy atom. The van der Waals surface area contributed by atoms with Gasteiger partial charge in [-0.25, -0.2) is 9.97 Å². The van der Waals surface area contributed by atoms with Crippen LogP contribution in [0, 0.1) is 0 Å². The molecule has 6 rings (SSSR count). The Morgan fingerprint density at radius 1 is 1.06 bits per heavy atom. The lowest BCUT2D eigenvalue weighted by molar-refractivity contribution is -0.115. The summed E-state index contributed by atoms with van der Waals surface area (Å²) >= 11 is 1.54. The number of ether oxygens (including phenoxy) is 1. The zero-order chi connectivity index (χ0) is 24.5. The van der Waals surface area contributed by atoms with Gasteiger partial charge in [-0.05, 0) is 50.1 Å². The van der Waals surface area contributed by atoms with Crippen molar-refractivity contribution in [2.75, 3.05) is 11.9 Å². The summed E-state index contributed by atoms with van der Waals surface area (Å²) in [6, 6.07) is 15.8. The fourth-order valence-electron chi connectivity index (χ4n) is 4.70. The van der Waals surface area contributed by atoms with E-state index < -0.39 is 0 Å². The maximum atomic E-state index is 13.1. The Labute approximate surface area is 213 Å². The molecule has 3 aromatic heterocycles. The minimum Gasteiger partial charge on any atom is -0.494 e. The molecule has 2 aromatic carbocycles. The van der Waals surface area contributed by atoms with Gasteiger partial charge in [0.15, 0.2) is 4.96 Å². The number of imidazole rings is 2. The Bertz CT molecular complexity index is 1510. The third-order valence-corrected chi connectivity index (χ3v) is 7.36. The minimum atomic E-state index is -0.0672. The third-order valence-electron chi connectivity index (χ3n) is 6.47. The Balaban J connectivity index is 1.20. The molecule has 182 valence electrons. The molecule has 0 radical (unpaired) electrons. The molecule has 1 aliphatic heterocycles. The zero-order valence-corrected chi connectivity index (χ0v) is 20.9. The molecule has 1 aliphatic rings. The highest BCUT2D eigenvalue weighted by molar-refractivity contribution is 7.15. The van der Waals surface area contributed by atoms with Gasteiger partial charge in [-0.2, -0.15) is 0 Å². The van der Waals surface area contributed by atoms with Gasteiger partial charge in [-0.3, -0.25) is 9.20 Å². The monoisotopic (exact) mass is 497 g/mol. The molecule has 4 heterocycles. The molecule has 0 spiro atoms. The largest absolute Gasteiger partial charge is 0.494 e. The molecule has 5 aromatic rings. The number of para-hydroxylation sites is 1. The van der Waals surface area contributed by atoms with Crippen LogP contribution in [-0.2, 0) is 24.2 Å². The summed E-state index contributed by atoms with van der Waals surface area (Å²) in [5.41, 5.74) is 5.44. The molecule has 0 aliphatic carbocycles. The molecule has 0 bridgehead atoms. The average molecular weight is 498 g/mol. The van der Waals surface area contributed by atoms with E-state index in [2.05, 4.69) is 16.1 Å². The number of aryl methyl sites for hydroxylation is 2. The first-order chi connectivity index (χ1) is 17.7. The van der Waals surface area contributed by atoms with Crippen molar-refractivity contribution in [1.29, 1.82) is 0 Å². The Kier molecular flexibility index (Phi) is 6.03. The van der Waals surface area contributed by atoms with E-state index in [9.17, 15) is 4.79 Å². The van der Waals surface area contributed by atoms with E-state index in [1.807, 2.05) is 71.4 Å². The first kappa shape index (κ1) is 22.5. The molecule has 0 saturated heterocycles. The minimum absolute atomic E-state index is 0.0672. The van der Waals surface area contributed by atoms with Crippen LogP contribution < -0.4 is 10.1 Å². The molecular formula is C28H27N5O2S. The van der Waals surface area contributed by atoms with Crippen LogP contribution in [0.25, 0.3) is 27.5 Å². The van der Waals surface area contributed by atoms with Crippen LogP contribution in [0.5, 0.6) is 5.75 Å². The van der Waals surface area contributed by atoms with Crippen molar-refractivity contribution in [3.05, 3.63) is 77.8 Å². The van der Waals surface area contributed by atoms with Crippen LogP contribution in [-0.4, -0.2) is 31.4 Å². The predicted molar refractivity (Wildman–Crippen MR) is 143 cm³/mol. The molecule has 7 nitrogen and oxygen atoms in total. The van der Waals surface area contributed by atoms with Gasteiger partial charge in [0.05, 0.1) is 30.1 Å². The quantitative estimate of drug-likeness (QED) is 0.306. The molecule has 1 N–H and O–H groups in total. The standard InChI is InChI=1S/C28H27N5O2S/c1-2-35-21-12-10-19(11-13-21)24-17-33-20(18-36-28(33)31-24)15-27(34)30-23-8-4-3-7-22(23)25-16-32-14-6-5-9-26(32)29-25/h3-4,7-8,10-13,16-18H,2,5-6,9,14-15H2,1H3,(H,30,34). The average Bonchev–Trinajstić information content (AvgIpc) is 3.60. The van der Waals surface area contributed by atoms with E-state index in [1.54, 1.807) is 0 Å². The number of anilines is 1. The lowest BCUT2D eigenvalue weighted by Crippen LogP contribution is -2.15. The molecule has 0 saturated carbocycles. The molecule has 0 atom stereocenters. The van der Waals surface area contributed by atoms with Crippen molar-refractivity contribution < 1.29 is 9.53 Å². The van der Waals surface area contributed by atoms with Crippen molar-refractivity contribution >= 4 is 27.9 Å². The highest BCUT2D eigenvalue weighted by atomic mass is 32.1. The van der Waals surface area contributed by atoms with Gasteiger partial charge in [-0.1, -0.05) is 18.2 Å². The maximum absolute atomic E-state index is 13.1. The van der Waals surface area contributed by atoms with Gasteiger partial charge in [0.1, 0.15) is 11.6 Å². The fourth-order valence-corrected chi connectivity index (χ4v) is 5.57. The topological polar surface area (TPSA) is 73.5 Å². The molecule has 0 unspecified atom stereocenters. The van der Waals surface area contributed by atoms with E-state index in [-0.39, 0.29) is 12.3 Å². The number of carbonyl (C=O) groups excluding carboxylic acids is 1. The van der Waals surface area contributed by atoms with Crippen LogP contribution >= 0.6 is 11.3 Å². The molecule has 36 heavy (non-hydrogen) atoms. The molecule has 0 fully saturated rings. The van der Waals surface area contributed by atoms with Crippen molar-refractivity contribution in [2.24, 2.45) is 0 Å². The molecular weight excluding hydrogens is 470 g/mol. The maximum Gasteiger partial charge on any atom is 0.230 e. The smallest absolute Gasteiger partial charge is 0.230 e. The van der Waals surface area contributed by atoms with E-state index in [1.165, 1.54) is 24.2 Å². The third kappa shape index (κ3) is 4.40. The van der Waals surface area contributed by atoms with Gasteiger partial charge in [0, 0.05) is 47.6 Å². The second kappa shape index (κ2) is 9.62. The Hall–Kier alpha value is -3.91. The lowest BCUT2D eigenvalue weighted by atomic mass is 10.1. The summed E-state index contributed by atoms with van der Waals surface area (Å²) in [6.45, 7) is 3.62. The summed E-state index contributed by atoms with van der Waals surface area (Å²) in [6.07, 6.45) is 7.73. The number of hydrogen-bond donors (Lipinski definition) is 1. The zero-order valence-electron chi connectivity index (χ0n) is 20.1. The molecule has 1 amide bonds. The number of hydrogen-bond acceptors (Lipinski definition) is 5. The SMILES string of the molecule is CCOc1ccc(-c2cn3c(CC(=O)Nc4ccccc4-c4cn5c(n4)CCCC5)csc3n2)cc1. The van der Waals surface area contributed by atoms with Crippen LogP contribution in [0.3, 0.4) is 0 Å². The fraction of sp³-hybridized carbons (Fsp3) is 0.250. The van der Waals surface area contributed by atoms with Gasteiger partial charge >= 0.3 is 0 Å². The van der Waals surface area contributed by atoms with Gasteiger partial charge in [-0.15, -0.1) is 11.3 Å². The second-order valence-corrected chi connectivity index (χ2v) is 9.76. The van der Waals surface area contributed by atoms with E-state index in [0.29, 0.717) is 6.61 Å². The normalized spacial score (nSPS) is 13.0. The number of nitrogens with zero attached hydrogens (tertiary/aromatic N) is 4. The van der Waals surface area contributed by atoms with Crippen LogP contribution in [0.4, 0.5) is 5.69 Å². The highest BCUT2D eigenvalue weighted by Gasteiger charge is 2.17. The van der Waals surface area contributed by atoms with Crippen LogP contribution in [0.1, 0.15) is 31.3 Å². The lowest BCUT2D eigenvalue weighted by Gasteiger charge is -2.11. The number of rotatable bonds is 7. The molecule has 8 heteroatoms. The predicted octanol–water partition coefficient (Wildman–Crippen LogP) is 5.84. The Morgan fingerprint density at radius 3 is 2.75 bits per heavy atom. The van der Waals surface area contributed by atoms with Crippen molar-refractivity contribution in [3.8, 4) is 28.3 Å². The van der Waals surface area contributed by atoms with Crippen molar-refractivity contribution in [3.63, 3.8) is 0 Å². The number of nitrogens with one attached hydrogen (secondary N) is 1. The van der Waals surface area contributed by atoms with E-state index >= 15 is 0 Å². The number of amides is 1. The number of fused-ring (bicyclic) bond motifs is 2. The summed E-state index contributed by atoms with van der Waals surface area (Å²) in [5.74, 6) is 1.90. The number of aromatic nitrogens is 4. The second-order valence-electron chi connectivity index (χ2n) is 8.93. The summed E-state index contributed by atoms with van der Waals surface area (Å²) < 4.78 is 9.78. The first-order valence-corrected chi connectivity index (χ1v) is 13.2. The van der Waals surface area contributed by atoms with Crippen LogP contribution in [0.2, 0.25) is 0 Å². The highest BCUT2D eigenvalue weighted by Crippen LogP contribution is 2.30. The summed E-state index contributed by atoms with van der Waals surface area (Å²) in [4.78, 5) is 23.6. The summed E-state index contributed by atoms with van der Waals surface area (Å²) in [7, 11) is 0. The summed E-state index contributed by atoms with van der Waals surface area (Å²) in [5, 5.41) is 5.12.